The van der Waals surface area contributed by atoms with Crippen molar-refractivity contribution < 1.29 is 4.74 Å². The summed E-state index contributed by atoms with van der Waals surface area (Å²) in [6, 6.07) is 6.09. The van der Waals surface area contributed by atoms with E-state index in [9.17, 15) is 0 Å². The van der Waals surface area contributed by atoms with Gasteiger partial charge < -0.3 is 9.64 Å². The molecule has 0 aromatic carbocycles. The van der Waals surface area contributed by atoms with Crippen molar-refractivity contribution in [2.75, 3.05) is 31.2 Å². The van der Waals surface area contributed by atoms with Crippen LogP contribution >= 0.6 is 22.6 Å². The first-order valence-electron chi connectivity index (χ1n) is 4.31. The minimum absolute atomic E-state index is 0.813. The maximum atomic E-state index is 5.28. The fourth-order valence-corrected chi connectivity index (χ4v) is 1.82. The Morgan fingerprint density at radius 2 is 2.08 bits per heavy atom. The van der Waals surface area contributed by atoms with Crippen LogP contribution in [0.5, 0.6) is 0 Å². The fourth-order valence-electron chi connectivity index (χ4n) is 1.37. The van der Waals surface area contributed by atoms with Gasteiger partial charge in [0.15, 0.2) is 0 Å². The molecular formula is C9H11IN2O. The van der Waals surface area contributed by atoms with Gasteiger partial charge in [0.05, 0.1) is 13.2 Å². The summed E-state index contributed by atoms with van der Waals surface area (Å²) < 4.78 is 6.32. The lowest BCUT2D eigenvalue weighted by Crippen LogP contribution is -2.36. The molecule has 0 atom stereocenters. The first-order chi connectivity index (χ1) is 6.36. The molecular weight excluding hydrogens is 279 g/mol. The van der Waals surface area contributed by atoms with Gasteiger partial charge in [-0.2, -0.15) is 0 Å². The quantitative estimate of drug-likeness (QED) is 0.579. The summed E-state index contributed by atoms with van der Waals surface area (Å²) in [4.78, 5) is 6.71. The molecule has 0 spiro atoms. The average molecular weight is 290 g/mol. The number of halogens is 1. The number of morpholine rings is 1. The van der Waals surface area contributed by atoms with Gasteiger partial charge in [-0.15, -0.1) is 0 Å². The van der Waals surface area contributed by atoms with E-state index in [1.807, 2.05) is 18.2 Å². The van der Waals surface area contributed by atoms with Crippen molar-refractivity contribution in [3.05, 3.63) is 21.9 Å². The highest BCUT2D eigenvalue weighted by atomic mass is 127. The third-order valence-corrected chi connectivity index (χ3v) is 2.64. The van der Waals surface area contributed by atoms with Crippen LogP contribution in [0.15, 0.2) is 18.2 Å². The van der Waals surface area contributed by atoms with E-state index in [4.69, 9.17) is 4.74 Å². The number of anilines is 1. The highest BCUT2D eigenvalue weighted by molar-refractivity contribution is 14.1. The standard InChI is InChI=1S/C9H11IN2O/c10-8-2-1-3-9(11-8)12-4-6-13-7-5-12/h1-3H,4-7H2. The molecule has 0 bridgehead atoms. The Morgan fingerprint density at radius 3 is 2.77 bits per heavy atom. The molecule has 1 aliphatic heterocycles. The number of pyridine rings is 1. The highest BCUT2D eigenvalue weighted by Gasteiger charge is 2.11. The van der Waals surface area contributed by atoms with Gasteiger partial charge in [0.1, 0.15) is 9.52 Å². The molecule has 1 aromatic rings. The zero-order chi connectivity index (χ0) is 9.10. The number of aromatic nitrogens is 1. The normalized spacial score (nSPS) is 17.5. The zero-order valence-corrected chi connectivity index (χ0v) is 9.40. The van der Waals surface area contributed by atoms with E-state index in [2.05, 4.69) is 32.5 Å². The van der Waals surface area contributed by atoms with Crippen molar-refractivity contribution in [2.24, 2.45) is 0 Å². The summed E-state index contributed by atoms with van der Waals surface area (Å²) in [6.45, 7) is 3.53. The van der Waals surface area contributed by atoms with E-state index >= 15 is 0 Å². The number of rotatable bonds is 1. The Bertz CT molecular complexity index is 287. The summed E-state index contributed by atoms with van der Waals surface area (Å²) >= 11 is 2.23. The first-order valence-corrected chi connectivity index (χ1v) is 5.39. The number of ether oxygens (including phenoxy) is 1. The lowest BCUT2D eigenvalue weighted by atomic mass is 10.4. The largest absolute Gasteiger partial charge is 0.378 e. The lowest BCUT2D eigenvalue weighted by molar-refractivity contribution is 0.122. The molecule has 0 N–H and O–H groups in total. The molecule has 2 heterocycles. The van der Waals surface area contributed by atoms with Gasteiger partial charge in [-0.3, -0.25) is 0 Å². The minimum Gasteiger partial charge on any atom is -0.378 e. The van der Waals surface area contributed by atoms with Crippen LogP contribution in [-0.2, 0) is 4.74 Å². The monoisotopic (exact) mass is 290 g/mol. The smallest absolute Gasteiger partial charge is 0.129 e. The number of nitrogens with zero attached hydrogens (tertiary/aromatic N) is 2. The number of hydrogen-bond donors (Lipinski definition) is 0. The third kappa shape index (κ3) is 2.31. The molecule has 0 saturated carbocycles. The summed E-state index contributed by atoms with van der Waals surface area (Å²) in [5, 5.41) is 0. The van der Waals surface area contributed by atoms with Crippen LogP contribution in [0.2, 0.25) is 0 Å². The third-order valence-electron chi connectivity index (χ3n) is 2.04. The molecule has 1 aliphatic rings. The average Bonchev–Trinajstić information content (AvgIpc) is 2.19. The first kappa shape index (κ1) is 9.21. The summed E-state index contributed by atoms with van der Waals surface area (Å²) in [6.07, 6.45) is 0. The van der Waals surface area contributed by atoms with E-state index in [0.717, 1.165) is 35.8 Å². The SMILES string of the molecule is Ic1cccc(N2CCOCC2)n1. The molecule has 0 amide bonds. The molecule has 4 heteroatoms. The van der Waals surface area contributed by atoms with Crippen molar-refractivity contribution in [3.8, 4) is 0 Å². The van der Waals surface area contributed by atoms with Crippen molar-refractivity contribution in [2.45, 2.75) is 0 Å². The molecule has 13 heavy (non-hydrogen) atoms. The number of hydrogen-bond acceptors (Lipinski definition) is 3. The molecule has 1 aromatic heterocycles. The molecule has 1 saturated heterocycles. The second-order valence-electron chi connectivity index (χ2n) is 2.92. The molecule has 3 nitrogen and oxygen atoms in total. The van der Waals surface area contributed by atoms with Crippen molar-refractivity contribution in [3.63, 3.8) is 0 Å². The van der Waals surface area contributed by atoms with Gasteiger partial charge in [0.25, 0.3) is 0 Å². The van der Waals surface area contributed by atoms with Crippen molar-refractivity contribution in [1.82, 2.24) is 4.98 Å². The predicted molar refractivity (Wildman–Crippen MR) is 60.0 cm³/mol. The van der Waals surface area contributed by atoms with Crippen LogP contribution in [0.3, 0.4) is 0 Å². The van der Waals surface area contributed by atoms with Gasteiger partial charge in [-0.25, -0.2) is 4.98 Å². The maximum absolute atomic E-state index is 5.28. The van der Waals surface area contributed by atoms with Gasteiger partial charge in [0.2, 0.25) is 0 Å². The van der Waals surface area contributed by atoms with Gasteiger partial charge in [0, 0.05) is 13.1 Å². The van der Waals surface area contributed by atoms with Gasteiger partial charge in [-0.05, 0) is 34.7 Å². The second kappa shape index (κ2) is 4.23. The van der Waals surface area contributed by atoms with Gasteiger partial charge in [-0.1, -0.05) is 6.07 Å². The predicted octanol–water partition coefficient (Wildman–Crippen LogP) is 1.52. The van der Waals surface area contributed by atoms with Crippen LogP contribution in [0, 0.1) is 3.70 Å². The molecule has 2 rings (SSSR count). The Hall–Kier alpha value is -0.360. The minimum atomic E-state index is 0.813. The van der Waals surface area contributed by atoms with Crippen molar-refractivity contribution in [1.29, 1.82) is 0 Å². The van der Waals surface area contributed by atoms with Crippen molar-refractivity contribution >= 4 is 28.4 Å². The Balaban J connectivity index is 2.14. The van der Waals surface area contributed by atoms with Crippen LogP contribution in [-0.4, -0.2) is 31.3 Å². The fraction of sp³-hybridized carbons (Fsp3) is 0.444. The Morgan fingerprint density at radius 1 is 1.31 bits per heavy atom. The molecule has 0 unspecified atom stereocenters. The Labute approximate surface area is 91.2 Å². The molecule has 0 aliphatic carbocycles. The highest BCUT2D eigenvalue weighted by Crippen LogP contribution is 2.13. The Kier molecular flexibility index (Phi) is 3.00. The van der Waals surface area contributed by atoms with E-state index < -0.39 is 0 Å². The second-order valence-corrected chi connectivity index (χ2v) is 4.02. The summed E-state index contributed by atoms with van der Waals surface area (Å²) in [5.41, 5.74) is 0. The van der Waals surface area contributed by atoms with Crippen LogP contribution < -0.4 is 4.90 Å². The van der Waals surface area contributed by atoms with E-state index in [1.165, 1.54) is 0 Å². The summed E-state index contributed by atoms with van der Waals surface area (Å²) in [5.74, 6) is 1.07. The van der Waals surface area contributed by atoms with Gasteiger partial charge >= 0.3 is 0 Å². The van der Waals surface area contributed by atoms with E-state index in [1.54, 1.807) is 0 Å². The van der Waals surface area contributed by atoms with E-state index in [-0.39, 0.29) is 0 Å². The molecule has 1 fully saturated rings. The molecule has 70 valence electrons. The topological polar surface area (TPSA) is 25.4 Å². The lowest BCUT2D eigenvalue weighted by Gasteiger charge is -2.27. The van der Waals surface area contributed by atoms with Crippen LogP contribution in [0.25, 0.3) is 0 Å². The van der Waals surface area contributed by atoms with E-state index in [0.29, 0.717) is 0 Å². The van der Waals surface area contributed by atoms with Crippen LogP contribution in [0.1, 0.15) is 0 Å². The maximum Gasteiger partial charge on any atom is 0.129 e. The summed E-state index contributed by atoms with van der Waals surface area (Å²) in [7, 11) is 0. The van der Waals surface area contributed by atoms with Crippen LogP contribution in [0.4, 0.5) is 5.82 Å². The zero-order valence-electron chi connectivity index (χ0n) is 7.24. The molecule has 0 radical (unpaired) electrons.